The van der Waals surface area contributed by atoms with Crippen molar-refractivity contribution in [3.8, 4) is 5.88 Å². The van der Waals surface area contributed by atoms with E-state index >= 15 is 0 Å². The fourth-order valence-electron chi connectivity index (χ4n) is 2.64. The van der Waals surface area contributed by atoms with Gasteiger partial charge in [-0.05, 0) is 25.1 Å². The summed E-state index contributed by atoms with van der Waals surface area (Å²) in [5, 5.41) is 8.19. The number of rotatable bonds is 5. The van der Waals surface area contributed by atoms with Crippen LogP contribution in [-0.4, -0.2) is 40.2 Å². The van der Waals surface area contributed by atoms with Crippen LogP contribution >= 0.6 is 11.6 Å². The molecule has 0 saturated carbocycles. The van der Waals surface area contributed by atoms with E-state index in [1.54, 1.807) is 38.5 Å². The average molecular weight is 409 g/mol. The number of aromatic nitrogens is 4. The summed E-state index contributed by atoms with van der Waals surface area (Å²) in [4.78, 5) is 12.6. The van der Waals surface area contributed by atoms with Crippen LogP contribution in [0.15, 0.2) is 41.6 Å². The molecule has 0 saturated heterocycles. The lowest BCUT2D eigenvalue weighted by atomic mass is 10.1. The predicted molar refractivity (Wildman–Crippen MR) is 98.8 cm³/mol. The second kappa shape index (κ2) is 7.16. The van der Waals surface area contributed by atoms with Crippen LogP contribution in [0.25, 0.3) is 0 Å². The van der Waals surface area contributed by atoms with Gasteiger partial charge in [0.15, 0.2) is 9.84 Å². The lowest BCUT2D eigenvalue weighted by Crippen LogP contribution is -2.15. The maximum Gasteiger partial charge on any atom is 0.346 e. The van der Waals surface area contributed by atoms with Crippen LogP contribution in [0.5, 0.6) is 5.88 Å². The normalized spacial score (nSPS) is 11.6. The van der Waals surface area contributed by atoms with Gasteiger partial charge in [0.2, 0.25) is 5.88 Å². The molecule has 0 spiro atoms. The van der Waals surface area contributed by atoms with Gasteiger partial charge < -0.3 is 4.74 Å². The number of hydrogen-bond acceptors (Lipinski definition) is 6. The zero-order chi connectivity index (χ0) is 19.8. The first-order chi connectivity index (χ1) is 12.7. The van der Waals surface area contributed by atoms with Crippen LogP contribution in [-0.2, 0) is 23.4 Å². The van der Waals surface area contributed by atoms with Gasteiger partial charge in [0.05, 0.1) is 27.7 Å². The monoisotopic (exact) mass is 408 g/mol. The second-order valence-electron chi connectivity index (χ2n) is 6.02. The number of benzene rings is 1. The van der Waals surface area contributed by atoms with Crippen LogP contribution in [0.4, 0.5) is 0 Å². The SMILES string of the molecule is Cc1cc(OC(=O)c2ccc(S(C)(=O)=O)c(Cn3cccn3)c2Cl)n(C)n1. The Morgan fingerprint density at radius 2 is 2.07 bits per heavy atom. The highest BCUT2D eigenvalue weighted by atomic mass is 35.5. The maximum absolute atomic E-state index is 12.6. The summed E-state index contributed by atoms with van der Waals surface area (Å²) in [5.41, 5.74) is 1.03. The van der Waals surface area contributed by atoms with Crippen LogP contribution in [0, 0.1) is 6.92 Å². The smallest absolute Gasteiger partial charge is 0.346 e. The van der Waals surface area contributed by atoms with E-state index in [4.69, 9.17) is 16.3 Å². The van der Waals surface area contributed by atoms with Crippen LogP contribution in [0.3, 0.4) is 0 Å². The number of esters is 1. The summed E-state index contributed by atoms with van der Waals surface area (Å²) in [7, 11) is -1.91. The molecule has 8 nitrogen and oxygen atoms in total. The molecule has 0 amide bonds. The van der Waals surface area contributed by atoms with Gasteiger partial charge in [-0.15, -0.1) is 0 Å². The van der Waals surface area contributed by atoms with Crippen molar-refractivity contribution < 1.29 is 17.9 Å². The number of ether oxygens (including phenoxy) is 1. The van der Waals surface area contributed by atoms with Gasteiger partial charge in [-0.1, -0.05) is 11.6 Å². The van der Waals surface area contributed by atoms with E-state index in [2.05, 4.69) is 10.2 Å². The molecule has 0 N–H and O–H groups in total. The van der Waals surface area contributed by atoms with E-state index in [1.807, 2.05) is 0 Å². The molecule has 2 heterocycles. The third-order valence-electron chi connectivity index (χ3n) is 3.86. The number of nitrogens with zero attached hydrogens (tertiary/aromatic N) is 4. The first-order valence-electron chi connectivity index (χ1n) is 7.88. The fraction of sp³-hybridized carbons (Fsp3) is 0.235. The van der Waals surface area contributed by atoms with Gasteiger partial charge in [-0.3, -0.25) is 4.68 Å². The highest BCUT2D eigenvalue weighted by molar-refractivity contribution is 7.90. The Bertz CT molecular complexity index is 1100. The van der Waals surface area contributed by atoms with Crippen molar-refractivity contribution >= 4 is 27.4 Å². The van der Waals surface area contributed by atoms with E-state index in [0.29, 0.717) is 5.69 Å². The highest BCUT2D eigenvalue weighted by Crippen LogP contribution is 2.29. The molecule has 0 radical (unpaired) electrons. The van der Waals surface area contributed by atoms with E-state index in [-0.39, 0.29) is 33.5 Å². The summed E-state index contributed by atoms with van der Waals surface area (Å²) in [6, 6.07) is 6.01. The quantitative estimate of drug-likeness (QED) is 0.601. The lowest BCUT2D eigenvalue weighted by molar-refractivity contribution is 0.0720. The molecule has 1 aromatic carbocycles. The van der Waals surface area contributed by atoms with Crippen LogP contribution in [0.1, 0.15) is 21.6 Å². The van der Waals surface area contributed by atoms with Gasteiger partial charge >= 0.3 is 5.97 Å². The van der Waals surface area contributed by atoms with Gasteiger partial charge in [-0.2, -0.15) is 10.2 Å². The molecular weight excluding hydrogens is 392 g/mol. The van der Waals surface area contributed by atoms with Gasteiger partial charge in [0, 0.05) is 37.3 Å². The van der Waals surface area contributed by atoms with Gasteiger partial charge in [-0.25, -0.2) is 17.9 Å². The molecular formula is C17H17ClN4O4S. The van der Waals surface area contributed by atoms with Crippen molar-refractivity contribution in [1.82, 2.24) is 19.6 Å². The molecule has 3 rings (SSSR count). The topological polar surface area (TPSA) is 96.1 Å². The molecule has 2 aromatic heterocycles. The van der Waals surface area contributed by atoms with Crippen molar-refractivity contribution in [2.75, 3.05) is 6.26 Å². The van der Waals surface area contributed by atoms with Gasteiger partial charge in [0.1, 0.15) is 0 Å². The van der Waals surface area contributed by atoms with Crippen LogP contribution < -0.4 is 4.74 Å². The molecule has 0 atom stereocenters. The Kier molecular flexibility index (Phi) is 5.07. The van der Waals surface area contributed by atoms with E-state index in [9.17, 15) is 13.2 Å². The van der Waals surface area contributed by atoms with E-state index in [1.165, 1.54) is 21.5 Å². The lowest BCUT2D eigenvalue weighted by Gasteiger charge is -2.14. The minimum atomic E-state index is -3.56. The number of carbonyl (C=O) groups is 1. The van der Waals surface area contributed by atoms with Crippen molar-refractivity contribution in [3.05, 3.63) is 58.5 Å². The summed E-state index contributed by atoms with van der Waals surface area (Å²) < 4.78 is 32.6. The largest absolute Gasteiger partial charge is 0.404 e. The number of aryl methyl sites for hydroxylation is 2. The number of sulfone groups is 1. The molecule has 0 fully saturated rings. The first kappa shape index (κ1) is 19.1. The number of halogens is 1. The molecule has 0 aliphatic carbocycles. The average Bonchev–Trinajstić information content (AvgIpc) is 3.18. The Morgan fingerprint density at radius 1 is 1.33 bits per heavy atom. The Hall–Kier alpha value is -2.65. The number of carbonyl (C=O) groups excluding carboxylic acids is 1. The van der Waals surface area contributed by atoms with E-state index < -0.39 is 15.8 Å². The molecule has 10 heteroatoms. The molecule has 3 aromatic rings. The molecule has 0 unspecified atom stereocenters. The van der Waals surface area contributed by atoms with Crippen LogP contribution in [0.2, 0.25) is 5.02 Å². The van der Waals surface area contributed by atoms with Gasteiger partial charge in [0.25, 0.3) is 0 Å². The number of hydrogen-bond donors (Lipinski definition) is 0. The molecule has 0 aliphatic rings. The third kappa shape index (κ3) is 4.04. The maximum atomic E-state index is 12.6. The Balaban J connectivity index is 2.03. The standard InChI is InChI=1S/C17H17ClN4O4S/c1-11-9-15(21(2)20-11)26-17(23)12-5-6-14(27(3,24)25)13(16(12)18)10-22-8-4-7-19-22/h4-9H,10H2,1-3H3. The summed E-state index contributed by atoms with van der Waals surface area (Å²) in [5.74, 6) is -0.445. The second-order valence-corrected chi connectivity index (χ2v) is 8.38. The van der Waals surface area contributed by atoms with Crippen molar-refractivity contribution in [2.45, 2.75) is 18.4 Å². The zero-order valence-corrected chi connectivity index (χ0v) is 16.5. The summed E-state index contributed by atoms with van der Waals surface area (Å²) in [6.45, 7) is 1.87. The summed E-state index contributed by atoms with van der Waals surface area (Å²) >= 11 is 6.41. The molecule has 0 bridgehead atoms. The fourth-order valence-corrected chi connectivity index (χ4v) is 3.93. The highest BCUT2D eigenvalue weighted by Gasteiger charge is 2.23. The van der Waals surface area contributed by atoms with E-state index in [0.717, 1.165) is 6.26 Å². The summed E-state index contributed by atoms with van der Waals surface area (Å²) in [6.07, 6.45) is 4.32. The minimum Gasteiger partial charge on any atom is -0.404 e. The third-order valence-corrected chi connectivity index (χ3v) is 5.47. The van der Waals surface area contributed by atoms with Crippen molar-refractivity contribution in [2.24, 2.45) is 7.05 Å². The van der Waals surface area contributed by atoms with Crippen molar-refractivity contribution in [1.29, 1.82) is 0 Å². The predicted octanol–water partition coefficient (Wildman–Crippen LogP) is 2.25. The Labute approximate surface area is 161 Å². The van der Waals surface area contributed by atoms with Crippen molar-refractivity contribution in [3.63, 3.8) is 0 Å². The molecule has 27 heavy (non-hydrogen) atoms. The zero-order valence-electron chi connectivity index (χ0n) is 14.9. The first-order valence-corrected chi connectivity index (χ1v) is 10.2. The molecule has 0 aliphatic heterocycles. The minimum absolute atomic E-state index is 0.0114. The molecule has 142 valence electrons. The Morgan fingerprint density at radius 3 is 2.63 bits per heavy atom.